The van der Waals surface area contributed by atoms with Crippen molar-refractivity contribution in [2.75, 3.05) is 55.7 Å². The van der Waals surface area contributed by atoms with Gasteiger partial charge in [-0.1, -0.05) is 0 Å². The molecule has 0 bridgehead atoms. The lowest BCUT2D eigenvalue weighted by atomic mass is 10.2. The number of rotatable bonds is 9. The Hall–Kier alpha value is -3.39. The van der Waals surface area contributed by atoms with E-state index in [1.165, 1.54) is 79.1 Å². The second-order valence-electron chi connectivity index (χ2n) is 9.85. The third kappa shape index (κ3) is 10.6. The molecule has 2 heterocycles. The molecule has 2 aliphatic heterocycles. The van der Waals surface area contributed by atoms with Crippen molar-refractivity contribution < 1.29 is 65.1 Å². The summed E-state index contributed by atoms with van der Waals surface area (Å²) in [5.41, 5.74) is 0. The Bertz CT molecular complexity index is 1590. The number of carbonyl (C=O) groups excluding carboxylic acids is 2. The van der Waals surface area contributed by atoms with E-state index in [4.69, 9.17) is 34.7 Å². The van der Waals surface area contributed by atoms with Gasteiger partial charge in [-0.2, -0.15) is 4.31 Å². The first-order valence-electron chi connectivity index (χ1n) is 13.7. The van der Waals surface area contributed by atoms with E-state index in [1.54, 1.807) is 0 Å². The highest BCUT2D eigenvalue weighted by Gasteiger charge is 2.44. The molecule has 2 fully saturated rings. The van der Waals surface area contributed by atoms with Crippen LogP contribution in [-0.4, -0.2) is 123 Å². The topological polar surface area (TPSA) is 214 Å². The molecular weight excluding hydrogens is 688 g/mol. The first-order valence-corrected chi connectivity index (χ1v) is 17.5. The molecule has 0 amide bonds. The minimum absolute atomic E-state index is 0.000801. The van der Waals surface area contributed by atoms with Gasteiger partial charge in [0, 0.05) is 48.7 Å². The number of esters is 2. The van der Waals surface area contributed by atoms with Crippen molar-refractivity contribution in [2.45, 2.75) is 46.9 Å². The minimum Gasteiger partial charge on any atom is -0.493 e. The van der Waals surface area contributed by atoms with Crippen molar-refractivity contribution in [1.29, 1.82) is 0 Å². The van der Waals surface area contributed by atoms with Crippen LogP contribution in [0.4, 0.5) is 0 Å². The van der Waals surface area contributed by atoms with Crippen LogP contribution in [0.1, 0.15) is 12.8 Å². The van der Waals surface area contributed by atoms with Crippen molar-refractivity contribution in [3.8, 4) is 23.0 Å². The Labute approximate surface area is 277 Å². The van der Waals surface area contributed by atoms with E-state index < -0.39 is 43.3 Å². The Kier molecular flexibility index (Phi) is 15.0. The second kappa shape index (κ2) is 17.7. The summed E-state index contributed by atoms with van der Waals surface area (Å²) in [5, 5.41) is 21.6. The zero-order valence-electron chi connectivity index (χ0n) is 26.5. The van der Waals surface area contributed by atoms with Gasteiger partial charge in [0.05, 0.1) is 64.7 Å². The number of carbonyl (C=O) groups is 2. The summed E-state index contributed by atoms with van der Waals surface area (Å²) in [6.45, 7) is 0.316. The molecule has 0 saturated carbocycles. The largest absolute Gasteiger partial charge is 0.493 e. The van der Waals surface area contributed by atoms with Crippen LogP contribution < -0.4 is 24.3 Å². The number of sulfonamides is 1. The van der Waals surface area contributed by atoms with Crippen LogP contribution in [0.3, 0.4) is 0 Å². The van der Waals surface area contributed by atoms with E-state index in [-0.39, 0.29) is 40.5 Å². The average molecular weight is 727 g/mol. The molecule has 2 aromatic carbocycles. The van der Waals surface area contributed by atoms with Crippen LogP contribution >= 0.6 is 10.7 Å². The van der Waals surface area contributed by atoms with E-state index in [1.807, 2.05) is 0 Å². The van der Waals surface area contributed by atoms with Crippen molar-refractivity contribution >= 4 is 41.7 Å². The molecule has 4 rings (SSSR count). The number of benzene rings is 2. The van der Waals surface area contributed by atoms with Crippen molar-refractivity contribution in [3.05, 3.63) is 36.4 Å². The van der Waals surface area contributed by atoms with Crippen molar-refractivity contribution in [1.82, 2.24) is 9.62 Å². The summed E-state index contributed by atoms with van der Waals surface area (Å²) >= 11 is 0. The molecule has 0 aliphatic carbocycles. The molecular formula is C28H39ClN2O14S2. The van der Waals surface area contributed by atoms with Crippen LogP contribution in [0, 0.1) is 0 Å². The van der Waals surface area contributed by atoms with Crippen molar-refractivity contribution in [3.63, 3.8) is 0 Å². The first kappa shape index (κ1) is 39.8. The fraction of sp³-hybridized carbons (Fsp3) is 0.500. The van der Waals surface area contributed by atoms with Gasteiger partial charge in [0.1, 0.15) is 12.1 Å². The van der Waals surface area contributed by atoms with Gasteiger partial charge in [0.2, 0.25) is 10.0 Å². The molecule has 264 valence electrons. The number of nitrogens with one attached hydrogen (secondary N) is 1. The second-order valence-corrected chi connectivity index (χ2v) is 14.3. The van der Waals surface area contributed by atoms with E-state index in [2.05, 4.69) is 14.8 Å². The van der Waals surface area contributed by atoms with Gasteiger partial charge in [-0.25, -0.2) is 16.8 Å². The number of hydrogen-bond donors (Lipinski definition) is 3. The smallest absolute Gasteiger partial charge is 0.324 e. The van der Waals surface area contributed by atoms with Gasteiger partial charge in [-0.05, 0) is 24.3 Å². The zero-order valence-corrected chi connectivity index (χ0v) is 28.9. The highest BCUT2D eigenvalue weighted by Crippen LogP contribution is 2.33. The van der Waals surface area contributed by atoms with Gasteiger partial charge < -0.3 is 44.0 Å². The predicted molar refractivity (Wildman–Crippen MR) is 167 cm³/mol. The molecule has 16 nitrogen and oxygen atoms in total. The summed E-state index contributed by atoms with van der Waals surface area (Å²) in [7, 11) is 5.67. The quantitative estimate of drug-likeness (QED) is 0.237. The minimum atomic E-state index is -4.00. The molecule has 4 atom stereocenters. The molecule has 47 heavy (non-hydrogen) atoms. The summed E-state index contributed by atoms with van der Waals surface area (Å²) in [6, 6.07) is 6.92. The van der Waals surface area contributed by atoms with Gasteiger partial charge in [-0.15, -0.1) is 0 Å². The Morgan fingerprint density at radius 2 is 1.23 bits per heavy atom. The van der Waals surface area contributed by atoms with Crippen molar-refractivity contribution in [2.24, 2.45) is 0 Å². The maximum atomic E-state index is 12.8. The monoisotopic (exact) mass is 726 g/mol. The predicted octanol–water partition coefficient (Wildman–Crippen LogP) is 0.514. The SMILES string of the molecule is COC(=O)[C@@H]1C[C@@H](O)CN1.COC(=O)[C@@H]1C[C@@H](O)CN1S(=O)(=O)c1ccc(OC)c(OC)c1.COc1ccc(S(=O)(=O)Cl)cc1OC. The molecule has 0 radical (unpaired) electrons. The third-order valence-corrected chi connectivity index (χ3v) is 10.1. The van der Waals surface area contributed by atoms with Gasteiger partial charge in [-0.3, -0.25) is 9.59 Å². The highest BCUT2D eigenvalue weighted by molar-refractivity contribution is 8.13. The van der Waals surface area contributed by atoms with Crippen LogP contribution in [0.5, 0.6) is 23.0 Å². The zero-order chi connectivity index (χ0) is 35.5. The average Bonchev–Trinajstić information content (AvgIpc) is 3.69. The van der Waals surface area contributed by atoms with Gasteiger partial charge >= 0.3 is 11.9 Å². The fourth-order valence-electron chi connectivity index (χ4n) is 4.52. The fourth-order valence-corrected chi connectivity index (χ4v) is 6.93. The number of ether oxygens (including phenoxy) is 6. The molecule has 0 spiro atoms. The number of halogens is 1. The maximum absolute atomic E-state index is 12.8. The number of aliphatic hydroxyl groups is 2. The molecule has 2 aromatic rings. The third-order valence-electron chi connectivity index (χ3n) is 6.90. The summed E-state index contributed by atoms with van der Waals surface area (Å²) in [6.07, 6.45) is -0.857. The maximum Gasteiger partial charge on any atom is 0.324 e. The van der Waals surface area contributed by atoms with Gasteiger partial charge in [0.15, 0.2) is 23.0 Å². The molecule has 19 heteroatoms. The summed E-state index contributed by atoms with van der Waals surface area (Å²) < 4.78 is 77.6. The molecule has 2 saturated heterocycles. The van der Waals surface area contributed by atoms with Crippen LogP contribution in [-0.2, 0) is 38.1 Å². The standard InChI is InChI=1S/C14H19NO7S.C8H9ClO4S.C6H11NO3/c1-20-12-5-4-10(7-13(12)21-2)23(18,19)15-8-9(16)6-11(15)14(17)22-3;1-12-7-4-3-6(14(9,10)11)5-8(7)13-2;1-10-6(9)5-2-4(8)3-7-5/h4-5,7,9,11,16H,6,8H2,1-3H3;3-5H,1-2H3;4-5,7-8H,2-3H2,1H3/t9-,11+;;4-,5+/m1.1/s1. The van der Waals surface area contributed by atoms with E-state index in [0.717, 1.165) is 4.31 Å². The normalized spacial score (nSPS) is 20.9. The Balaban J connectivity index is 0.000000271. The van der Waals surface area contributed by atoms with E-state index in [0.29, 0.717) is 30.2 Å². The number of methoxy groups -OCH3 is 6. The van der Waals surface area contributed by atoms with Crippen LogP contribution in [0.25, 0.3) is 0 Å². The number of nitrogens with zero attached hydrogens (tertiary/aromatic N) is 1. The van der Waals surface area contributed by atoms with Gasteiger partial charge in [0.25, 0.3) is 9.05 Å². The number of aliphatic hydroxyl groups excluding tert-OH is 2. The Morgan fingerprint density at radius 1 is 0.745 bits per heavy atom. The molecule has 0 unspecified atom stereocenters. The lowest BCUT2D eigenvalue weighted by Gasteiger charge is -2.22. The number of β-amino-alcohol motifs (C(OH)–C–C–N with tert-alkyl or cyclic N) is 2. The van der Waals surface area contributed by atoms with E-state index in [9.17, 15) is 31.5 Å². The van der Waals surface area contributed by atoms with Crippen LogP contribution in [0.2, 0.25) is 0 Å². The lowest BCUT2D eigenvalue weighted by Crippen LogP contribution is -2.41. The molecule has 2 aliphatic rings. The van der Waals surface area contributed by atoms with Crippen LogP contribution in [0.15, 0.2) is 46.2 Å². The molecule has 0 aromatic heterocycles. The molecule has 3 N–H and O–H groups in total. The highest BCUT2D eigenvalue weighted by atomic mass is 35.7. The Morgan fingerprint density at radius 3 is 1.66 bits per heavy atom. The summed E-state index contributed by atoms with van der Waals surface area (Å²) in [5.74, 6) is 0.424. The number of hydrogen-bond acceptors (Lipinski definition) is 15. The summed E-state index contributed by atoms with van der Waals surface area (Å²) in [4.78, 5) is 22.5. The lowest BCUT2D eigenvalue weighted by molar-refractivity contribution is -0.144. The van der Waals surface area contributed by atoms with E-state index >= 15 is 0 Å². The first-order chi connectivity index (χ1) is 22.1.